The van der Waals surface area contributed by atoms with Crippen molar-refractivity contribution in [3.05, 3.63) is 59.4 Å². The van der Waals surface area contributed by atoms with Crippen molar-refractivity contribution < 1.29 is 17.5 Å². The van der Waals surface area contributed by atoms with E-state index in [-0.39, 0.29) is 10.7 Å². The molecule has 0 saturated carbocycles. The molecule has 0 N–H and O–H groups in total. The van der Waals surface area contributed by atoms with Crippen molar-refractivity contribution in [1.82, 2.24) is 0 Å². The van der Waals surface area contributed by atoms with E-state index in [2.05, 4.69) is 4.99 Å². The van der Waals surface area contributed by atoms with E-state index in [0.29, 0.717) is 17.0 Å². The van der Waals surface area contributed by atoms with Crippen molar-refractivity contribution in [3.63, 3.8) is 0 Å². The van der Waals surface area contributed by atoms with Crippen LogP contribution >= 0.6 is 0 Å². The number of hydrogen-bond acceptors (Lipinski definition) is 4. The number of aliphatic imine (C=N–C) groups is 1. The predicted octanol–water partition coefficient (Wildman–Crippen LogP) is 2.76. The van der Waals surface area contributed by atoms with Crippen molar-refractivity contribution >= 4 is 16.4 Å². The molecule has 0 radical (unpaired) electrons. The molecule has 0 spiro atoms. The van der Waals surface area contributed by atoms with Gasteiger partial charge < -0.3 is 4.74 Å². The van der Waals surface area contributed by atoms with E-state index in [0.717, 1.165) is 5.56 Å². The van der Waals surface area contributed by atoms with E-state index in [1.54, 1.807) is 32.0 Å². The second kappa shape index (κ2) is 5.21. The second-order valence-electron chi connectivity index (χ2n) is 5.45. The van der Waals surface area contributed by atoms with E-state index in [9.17, 15) is 12.8 Å². The van der Waals surface area contributed by atoms with Gasteiger partial charge in [-0.3, -0.25) is 0 Å². The van der Waals surface area contributed by atoms with Gasteiger partial charge in [-0.2, -0.15) is 0 Å². The molecule has 3 rings (SSSR count). The van der Waals surface area contributed by atoms with Crippen LogP contribution in [0.1, 0.15) is 25.0 Å². The average molecular weight is 319 g/mol. The highest BCUT2D eigenvalue weighted by atomic mass is 32.2. The number of halogens is 1. The lowest BCUT2D eigenvalue weighted by atomic mass is 9.99. The van der Waals surface area contributed by atoms with Crippen LogP contribution in [0.5, 0.6) is 5.75 Å². The Balaban J connectivity index is 2.18. The molecule has 2 aromatic carbocycles. The zero-order valence-electron chi connectivity index (χ0n) is 12.0. The molecule has 0 unspecified atom stereocenters. The molecule has 0 aromatic heterocycles. The Morgan fingerprint density at radius 2 is 1.77 bits per heavy atom. The molecule has 0 fully saturated rings. The summed E-state index contributed by atoms with van der Waals surface area (Å²) in [6.45, 7) is 3.56. The third-order valence-corrected chi connectivity index (χ3v) is 3.99. The predicted molar refractivity (Wildman–Crippen MR) is 81.8 cm³/mol. The topological polar surface area (TPSA) is 55.7 Å². The zero-order chi connectivity index (χ0) is 15.9. The third-order valence-electron chi connectivity index (χ3n) is 3.29. The van der Waals surface area contributed by atoms with Crippen molar-refractivity contribution in [3.8, 4) is 5.75 Å². The number of nitrogens with zero attached hydrogens (tertiary/aromatic N) is 1. The van der Waals surface area contributed by atoms with E-state index >= 15 is 0 Å². The van der Waals surface area contributed by atoms with Gasteiger partial charge in [0.1, 0.15) is 11.6 Å². The molecular formula is C16H14FNO3S. The summed E-state index contributed by atoms with van der Waals surface area (Å²) >= 11 is 0. The van der Waals surface area contributed by atoms with Crippen LogP contribution in [0.15, 0.2) is 52.4 Å². The molecule has 22 heavy (non-hydrogen) atoms. The summed E-state index contributed by atoms with van der Waals surface area (Å²) in [5.41, 5.74) is 1.26. The molecule has 114 valence electrons. The maximum absolute atomic E-state index is 13.1. The highest BCUT2D eigenvalue weighted by Crippen LogP contribution is 2.33. The van der Waals surface area contributed by atoms with Gasteiger partial charge in [-0.1, -0.05) is 0 Å². The van der Waals surface area contributed by atoms with Crippen molar-refractivity contribution in [1.29, 1.82) is 0 Å². The van der Waals surface area contributed by atoms with Gasteiger partial charge in [-0.25, -0.2) is 17.8 Å². The maximum Gasteiger partial charge on any atom is 0.195 e. The molecule has 1 heterocycles. The first kappa shape index (κ1) is 14.7. The highest BCUT2D eigenvalue weighted by Gasteiger charge is 2.29. The number of ether oxygens (including phenoxy) is 1. The molecule has 1 aliphatic rings. The van der Waals surface area contributed by atoms with Crippen molar-refractivity contribution in [2.45, 2.75) is 24.5 Å². The normalized spacial score (nSPS) is 15.9. The SMILES string of the molecule is CC1(C)N=C(c2ccc(F)cc2)c2ccc([SH](=O)=O)cc2O1. The molecule has 0 bridgehead atoms. The van der Waals surface area contributed by atoms with Crippen LogP contribution in [-0.4, -0.2) is 19.9 Å². The highest BCUT2D eigenvalue weighted by molar-refractivity contribution is 7.72. The standard InChI is InChI=1S/C16H14FNO3S/c1-16(2)18-15(10-3-5-11(17)6-4-10)13-8-7-12(22(19)20)9-14(13)21-16/h3-9,22H,1-2H3. The van der Waals surface area contributed by atoms with Gasteiger partial charge in [0.15, 0.2) is 16.4 Å². The summed E-state index contributed by atoms with van der Waals surface area (Å²) in [6, 6.07) is 10.7. The zero-order valence-corrected chi connectivity index (χ0v) is 12.9. The molecule has 0 aliphatic carbocycles. The summed E-state index contributed by atoms with van der Waals surface area (Å²) in [5.74, 6) is 0.130. The van der Waals surface area contributed by atoms with Gasteiger partial charge in [0, 0.05) is 11.1 Å². The second-order valence-corrected chi connectivity index (χ2v) is 6.48. The van der Waals surface area contributed by atoms with Crippen molar-refractivity contribution in [2.24, 2.45) is 4.99 Å². The molecular weight excluding hydrogens is 305 g/mol. The van der Waals surface area contributed by atoms with Gasteiger partial charge in [0.05, 0.1) is 10.6 Å². The molecule has 2 aromatic rings. The first-order chi connectivity index (χ1) is 10.4. The lowest BCUT2D eigenvalue weighted by Crippen LogP contribution is -2.32. The Bertz CT molecular complexity index is 831. The van der Waals surface area contributed by atoms with Gasteiger partial charge in [0.25, 0.3) is 0 Å². The Morgan fingerprint density at radius 1 is 1.09 bits per heavy atom. The smallest absolute Gasteiger partial charge is 0.195 e. The van der Waals surface area contributed by atoms with Crippen LogP contribution in [0.25, 0.3) is 0 Å². The molecule has 1 aliphatic heterocycles. The van der Waals surface area contributed by atoms with Gasteiger partial charge in [0.2, 0.25) is 0 Å². The molecule has 0 saturated heterocycles. The van der Waals surface area contributed by atoms with Crippen LogP contribution in [0.4, 0.5) is 4.39 Å². The van der Waals surface area contributed by atoms with Gasteiger partial charge >= 0.3 is 0 Å². The monoisotopic (exact) mass is 319 g/mol. The van der Waals surface area contributed by atoms with Gasteiger partial charge in [-0.15, -0.1) is 0 Å². The summed E-state index contributed by atoms with van der Waals surface area (Å²) in [7, 11) is -2.68. The fourth-order valence-electron chi connectivity index (χ4n) is 2.35. The minimum absolute atomic E-state index is 0.185. The minimum Gasteiger partial charge on any atom is -0.466 e. The number of rotatable bonds is 2. The molecule has 0 atom stereocenters. The summed E-state index contributed by atoms with van der Waals surface area (Å²) < 4.78 is 41.2. The largest absolute Gasteiger partial charge is 0.466 e. The molecule has 6 heteroatoms. The lowest BCUT2D eigenvalue weighted by molar-refractivity contribution is 0.115. The van der Waals surface area contributed by atoms with Crippen LogP contribution in [0, 0.1) is 5.82 Å². The fourth-order valence-corrected chi connectivity index (χ4v) is 2.77. The quantitative estimate of drug-likeness (QED) is 0.866. The number of fused-ring (bicyclic) bond motifs is 1. The number of benzene rings is 2. The van der Waals surface area contributed by atoms with Crippen LogP contribution < -0.4 is 4.74 Å². The van der Waals surface area contributed by atoms with Gasteiger partial charge in [-0.05, 0) is 56.3 Å². The average Bonchev–Trinajstić information content (AvgIpc) is 2.45. The summed E-state index contributed by atoms with van der Waals surface area (Å²) in [4.78, 5) is 4.74. The minimum atomic E-state index is -2.68. The van der Waals surface area contributed by atoms with Crippen LogP contribution in [0.2, 0.25) is 0 Å². The maximum atomic E-state index is 13.1. The first-order valence-electron chi connectivity index (χ1n) is 6.69. The molecule has 4 nitrogen and oxygen atoms in total. The Labute approximate surface area is 129 Å². The van der Waals surface area contributed by atoms with E-state index in [4.69, 9.17) is 4.74 Å². The first-order valence-corrected chi connectivity index (χ1v) is 7.87. The Kier molecular flexibility index (Phi) is 3.48. The molecule has 0 amide bonds. The third kappa shape index (κ3) is 2.74. The van der Waals surface area contributed by atoms with Crippen molar-refractivity contribution in [2.75, 3.05) is 0 Å². The summed E-state index contributed by atoms with van der Waals surface area (Å²) in [5, 5.41) is 0. The van der Waals surface area contributed by atoms with Crippen LogP contribution in [-0.2, 0) is 10.7 Å². The Hall–Kier alpha value is -2.21. The summed E-state index contributed by atoms with van der Waals surface area (Å²) in [6.07, 6.45) is 0. The van der Waals surface area contributed by atoms with Crippen LogP contribution in [0.3, 0.4) is 0 Å². The van der Waals surface area contributed by atoms with E-state index in [1.807, 2.05) is 0 Å². The van der Waals surface area contributed by atoms with E-state index < -0.39 is 16.4 Å². The Morgan fingerprint density at radius 3 is 2.41 bits per heavy atom. The number of hydrogen-bond donors (Lipinski definition) is 1. The lowest BCUT2D eigenvalue weighted by Gasteiger charge is -2.30. The fraction of sp³-hybridized carbons (Fsp3) is 0.188. The van der Waals surface area contributed by atoms with E-state index in [1.165, 1.54) is 24.3 Å². The number of thiol groups is 1.